The van der Waals surface area contributed by atoms with Gasteiger partial charge in [0.2, 0.25) is 0 Å². The number of fused-ring (bicyclic) bond motifs is 1. The van der Waals surface area contributed by atoms with Crippen molar-refractivity contribution in [1.29, 1.82) is 0 Å². The summed E-state index contributed by atoms with van der Waals surface area (Å²) in [6.45, 7) is 0.443. The lowest BCUT2D eigenvalue weighted by Crippen LogP contribution is -2.55. The summed E-state index contributed by atoms with van der Waals surface area (Å²) in [5, 5.41) is 3.22. The summed E-state index contributed by atoms with van der Waals surface area (Å²) in [4.78, 5) is 34.7. The molecule has 0 atom stereocenters. The van der Waals surface area contributed by atoms with Crippen LogP contribution in [0.1, 0.15) is 10.4 Å². The van der Waals surface area contributed by atoms with Crippen LogP contribution in [-0.4, -0.2) is 61.6 Å². The molecule has 12 heteroatoms. The molecule has 194 valence electrons. The Morgan fingerprint density at radius 1 is 0.974 bits per heavy atom. The molecule has 3 heterocycles. The van der Waals surface area contributed by atoms with E-state index in [0.717, 1.165) is 0 Å². The van der Waals surface area contributed by atoms with Crippen LogP contribution in [0.2, 0.25) is 0 Å². The predicted molar refractivity (Wildman–Crippen MR) is 140 cm³/mol. The largest absolute Gasteiger partial charge is 0.495 e. The summed E-state index contributed by atoms with van der Waals surface area (Å²) in [7, 11) is -2.62. The maximum Gasteiger partial charge on any atom is 0.413 e. The molecular formula is C26H23N5O6S. The minimum atomic E-state index is -4.00. The van der Waals surface area contributed by atoms with E-state index in [2.05, 4.69) is 20.0 Å². The number of hydrogen-bond donors (Lipinski definition) is 2. The Labute approximate surface area is 218 Å². The van der Waals surface area contributed by atoms with Gasteiger partial charge in [-0.1, -0.05) is 24.3 Å². The standard InChI is InChI=1S/C26H23N5O6S/c1-36-21-14-18(25(32)31-15-19(16-31)37-26(33)29-23-9-2-3-12-27-23)10-11-20(21)30-38(34,35)22-8-4-6-17-7-5-13-28-24(17)22/h2-14,19,30H,15-16H2,1H3,(H,27,29,33). The third kappa shape index (κ3) is 5.20. The number of benzene rings is 2. The van der Waals surface area contributed by atoms with E-state index in [1.54, 1.807) is 48.7 Å². The fourth-order valence-corrected chi connectivity index (χ4v) is 5.24. The van der Waals surface area contributed by atoms with Crippen LogP contribution in [0.5, 0.6) is 5.75 Å². The lowest BCUT2D eigenvalue weighted by molar-refractivity contribution is -0.00208. The van der Waals surface area contributed by atoms with Gasteiger partial charge in [0.1, 0.15) is 22.6 Å². The number of pyridine rings is 2. The zero-order chi connectivity index (χ0) is 26.7. The summed E-state index contributed by atoms with van der Waals surface area (Å²) in [6, 6.07) is 17.9. The number of nitrogens with zero attached hydrogens (tertiary/aromatic N) is 3. The second-order valence-electron chi connectivity index (χ2n) is 8.43. The van der Waals surface area contributed by atoms with Crippen molar-refractivity contribution in [2.24, 2.45) is 0 Å². The Morgan fingerprint density at radius 3 is 2.53 bits per heavy atom. The Balaban J connectivity index is 1.24. The molecule has 0 aliphatic carbocycles. The zero-order valence-corrected chi connectivity index (χ0v) is 21.0. The van der Waals surface area contributed by atoms with Gasteiger partial charge < -0.3 is 14.4 Å². The zero-order valence-electron chi connectivity index (χ0n) is 20.2. The molecule has 5 rings (SSSR count). The summed E-state index contributed by atoms with van der Waals surface area (Å²) in [6.07, 6.45) is 1.97. The van der Waals surface area contributed by atoms with Gasteiger partial charge in [-0.15, -0.1) is 0 Å². The van der Waals surface area contributed by atoms with Crippen LogP contribution in [-0.2, 0) is 14.8 Å². The van der Waals surface area contributed by atoms with Crippen molar-refractivity contribution in [2.75, 3.05) is 30.2 Å². The van der Waals surface area contributed by atoms with E-state index >= 15 is 0 Å². The Bertz CT molecular complexity index is 1600. The number of likely N-dealkylation sites (tertiary alicyclic amines) is 1. The van der Waals surface area contributed by atoms with Crippen molar-refractivity contribution in [1.82, 2.24) is 14.9 Å². The van der Waals surface area contributed by atoms with Gasteiger partial charge in [0.05, 0.1) is 31.4 Å². The number of nitrogens with one attached hydrogen (secondary N) is 2. The van der Waals surface area contributed by atoms with Crippen LogP contribution in [0.15, 0.2) is 84.0 Å². The van der Waals surface area contributed by atoms with E-state index in [0.29, 0.717) is 22.3 Å². The SMILES string of the molecule is COc1cc(C(=O)N2CC(OC(=O)Nc3ccccn3)C2)ccc1NS(=O)(=O)c1cccc2cccnc12. The first-order valence-corrected chi connectivity index (χ1v) is 13.0. The number of sulfonamides is 1. The number of carbonyl (C=O) groups is 2. The van der Waals surface area contributed by atoms with Gasteiger partial charge in [-0.2, -0.15) is 0 Å². The molecule has 4 aromatic rings. The van der Waals surface area contributed by atoms with Crippen LogP contribution in [0.3, 0.4) is 0 Å². The number of rotatable bonds is 7. The average molecular weight is 534 g/mol. The third-order valence-electron chi connectivity index (χ3n) is 5.88. The van der Waals surface area contributed by atoms with Gasteiger partial charge in [-0.05, 0) is 42.5 Å². The van der Waals surface area contributed by atoms with Crippen molar-refractivity contribution in [3.05, 3.63) is 84.7 Å². The highest BCUT2D eigenvalue weighted by Crippen LogP contribution is 2.31. The molecule has 0 spiro atoms. The topological polar surface area (TPSA) is 140 Å². The number of carbonyl (C=O) groups excluding carboxylic acids is 2. The molecule has 11 nitrogen and oxygen atoms in total. The molecule has 1 saturated heterocycles. The van der Waals surface area contributed by atoms with Gasteiger partial charge in [0.25, 0.3) is 15.9 Å². The maximum atomic E-state index is 13.2. The van der Waals surface area contributed by atoms with E-state index in [1.807, 2.05) is 0 Å². The molecule has 2 amide bonds. The summed E-state index contributed by atoms with van der Waals surface area (Å²) < 4.78 is 39.6. The average Bonchev–Trinajstić information content (AvgIpc) is 2.90. The van der Waals surface area contributed by atoms with Crippen molar-refractivity contribution in [2.45, 2.75) is 11.0 Å². The van der Waals surface area contributed by atoms with Gasteiger partial charge in [0, 0.05) is 23.3 Å². The smallest absolute Gasteiger partial charge is 0.413 e. The first kappa shape index (κ1) is 25.0. The molecule has 1 aliphatic heterocycles. The molecular weight excluding hydrogens is 510 g/mol. The van der Waals surface area contributed by atoms with E-state index in [9.17, 15) is 18.0 Å². The highest BCUT2D eigenvalue weighted by molar-refractivity contribution is 7.93. The molecule has 0 saturated carbocycles. The minimum absolute atomic E-state index is 0.0245. The second kappa shape index (κ2) is 10.3. The number of methoxy groups -OCH3 is 1. The van der Waals surface area contributed by atoms with E-state index in [1.165, 1.54) is 42.5 Å². The fourth-order valence-electron chi connectivity index (χ4n) is 3.98. The lowest BCUT2D eigenvalue weighted by atomic mass is 10.1. The van der Waals surface area contributed by atoms with Gasteiger partial charge in [-0.25, -0.2) is 18.2 Å². The molecule has 0 unspecified atom stereocenters. The molecule has 0 bridgehead atoms. The van der Waals surface area contributed by atoms with E-state index < -0.39 is 22.2 Å². The summed E-state index contributed by atoms with van der Waals surface area (Å²) >= 11 is 0. The molecule has 38 heavy (non-hydrogen) atoms. The predicted octanol–water partition coefficient (Wildman–Crippen LogP) is 3.51. The van der Waals surface area contributed by atoms with Crippen LogP contribution in [0.25, 0.3) is 10.9 Å². The van der Waals surface area contributed by atoms with Crippen LogP contribution in [0.4, 0.5) is 16.3 Å². The Hall–Kier alpha value is -4.71. The number of aromatic nitrogens is 2. The molecule has 0 radical (unpaired) electrons. The Kier molecular flexibility index (Phi) is 6.79. The highest BCUT2D eigenvalue weighted by Gasteiger charge is 2.34. The third-order valence-corrected chi connectivity index (χ3v) is 7.28. The van der Waals surface area contributed by atoms with Crippen molar-refractivity contribution < 1.29 is 27.5 Å². The number of para-hydroxylation sites is 1. The van der Waals surface area contributed by atoms with Crippen LogP contribution in [0, 0.1) is 0 Å². The Morgan fingerprint density at radius 2 is 1.76 bits per heavy atom. The van der Waals surface area contributed by atoms with E-state index in [-0.39, 0.29) is 35.3 Å². The van der Waals surface area contributed by atoms with Gasteiger partial charge in [0.15, 0.2) is 0 Å². The fraction of sp³-hybridized carbons (Fsp3) is 0.154. The minimum Gasteiger partial charge on any atom is -0.495 e. The summed E-state index contributed by atoms with van der Waals surface area (Å²) in [5.74, 6) is 0.237. The normalized spacial score (nSPS) is 13.4. The van der Waals surface area contributed by atoms with E-state index in [4.69, 9.17) is 9.47 Å². The number of ether oxygens (including phenoxy) is 2. The molecule has 1 fully saturated rings. The number of amides is 2. The molecule has 1 aliphatic rings. The first-order chi connectivity index (χ1) is 18.3. The van der Waals surface area contributed by atoms with Crippen molar-refractivity contribution in [3.8, 4) is 5.75 Å². The molecule has 2 aromatic carbocycles. The van der Waals surface area contributed by atoms with Crippen molar-refractivity contribution >= 4 is 44.4 Å². The highest BCUT2D eigenvalue weighted by atomic mass is 32.2. The number of hydrogen-bond acceptors (Lipinski definition) is 8. The monoisotopic (exact) mass is 533 g/mol. The quantitative estimate of drug-likeness (QED) is 0.368. The lowest BCUT2D eigenvalue weighted by Gasteiger charge is -2.38. The molecule has 2 aromatic heterocycles. The van der Waals surface area contributed by atoms with Crippen LogP contribution < -0.4 is 14.8 Å². The van der Waals surface area contributed by atoms with Gasteiger partial charge in [-0.3, -0.25) is 19.8 Å². The van der Waals surface area contributed by atoms with Gasteiger partial charge >= 0.3 is 6.09 Å². The second-order valence-corrected chi connectivity index (χ2v) is 10.1. The van der Waals surface area contributed by atoms with Crippen LogP contribution >= 0.6 is 0 Å². The number of anilines is 2. The maximum absolute atomic E-state index is 13.2. The van der Waals surface area contributed by atoms with Crippen molar-refractivity contribution in [3.63, 3.8) is 0 Å². The first-order valence-electron chi connectivity index (χ1n) is 11.6. The molecule has 2 N–H and O–H groups in total. The summed E-state index contributed by atoms with van der Waals surface area (Å²) in [5.41, 5.74) is 0.817.